The first-order valence-corrected chi connectivity index (χ1v) is 10.4. The van der Waals surface area contributed by atoms with Crippen LogP contribution in [0.4, 0.5) is 0 Å². The van der Waals surface area contributed by atoms with Gasteiger partial charge in [0.25, 0.3) is 0 Å². The van der Waals surface area contributed by atoms with Crippen molar-refractivity contribution in [2.75, 3.05) is 20.2 Å². The number of hydrogen-bond acceptors (Lipinski definition) is 4. The molecule has 2 aromatic rings. The fourth-order valence-corrected chi connectivity index (χ4v) is 4.86. The highest BCUT2D eigenvalue weighted by Gasteiger charge is 2.21. The number of benzene rings is 2. The maximum atomic E-state index is 9.75. The number of β-amino-alcohol motifs (C(OH)–C–C–N with tert-alkyl or cyclic N) is 1. The molecule has 0 amide bonds. The topological polar surface area (TPSA) is 32.7 Å². The molecule has 1 atom stereocenters. The van der Waals surface area contributed by atoms with Crippen molar-refractivity contribution in [3.63, 3.8) is 0 Å². The van der Waals surface area contributed by atoms with Crippen LogP contribution in [0.2, 0.25) is 5.02 Å². The molecule has 1 aliphatic heterocycles. The first-order valence-electron chi connectivity index (χ1n) is 8.20. The molecule has 1 saturated heterocycles. The SMILES string of the molecule is COc1ccc(Br)cc1CSc1c(Cl)cccc1CN1CCC(O)C1. The lowest BCUT2D eigenvalue weighted by molar-refractivity contribution is 0.174. The van der Waals surface area contributed by atoms with Gasteiger partial charge < -0.3 is 9.84 Å². The Hall–Kier alpha value is -0.720. The zero-order valence-corrected chi connectivity index (χ0v) is 17.2. The van der Waals surface area contributed by atoms with Crippen LogP contribution in [0.1, 0.15) is 17.5 Å². The number of hydrogen-bond donors (Lipinski definition) is 1. The van der Waals surface area contributed by atoms with Gasteiger partial charge in [-0.15, -0.1) is 11.8 Å². The van der Waals surface area contributed by atoms with Crippen LogP contribution in [0.25, 0.3) is 0 Å². The van der Waals surface area contributed by atoms with Crippen LogP contribution in [0.5, 0.6) is 5.75 Å². The van der Waals surface area contributed by atoms with E-state index in [2.05, 4.69) is 33.0 Å². The summed E-state index contributed by atoms with van der Waals surface area (Å²) in [7, 11) is 1.69. The van der Waals surface area contributed by atoms with Gasteiger partial charge in [0.15, 0.2) is 0 Å². The molecule has 1 aliphatic rings. The number of methoxy groups -OCH3 is 1. The third-order valence-electron chi connectivity index (χ3n) is 4.30. The van der Waals surface area contributed by atoms with Crippen molar-refractivity contribution in [2.24, 2.45) is 0 Å². The number of aliphatic hydroxyl groups excluding tert-OH is 1. The van der Waals surface area contributed by atoms with Gasteiger partial charge in [0.2, 0.25) is 0 Å². The van der Waals surface area contributed by atoms with Crippen molar-refractivity contribution in [3.05, 3.63) is 57.0 Å². The third-order valence-corrected chi connectivity index (χ3v) is 6.45. The molecule has 3 nitrogen and oxygen atoms in total. The van der Waals surface area contributed by atoms with E-state index in [1.165, 1.54) is 5.56 Å². The molecule has 1 N–H and O–H groups in total. The number of likely N-dealkylation sites (tertiary alicyclic amines) is 1. The Balaban J connectivity index is 1.77. The van der Waals surface area contributed by atoms with E-state index < -0.39 is 0 Å². The van der Waals surface area contributed by atoms with E-state index in [0.717, 1.165) is 57.5 Å². The molecule has 0 radical (unpaired) electrons. The molecule has 2 aromatic carbocycles. The van der Waals surface area contributed by atoms with Gasteiger partial charge in [-0.3, -0.25) is 4.90 Å². The molecule has 0 aliphatic carbocycles. The summed E-state index contributed by atoms with van der Waals surface area (Å²) in [5.41, 5.74) is 2.34. The molecular formula is C19H21BrClNO2S. The van der Waals surface area contributed by atoms with Gasteiger partial charge in [0.1, 0.15) is 5.75 Å². The van der Waals surface area contributed by atoms with Crippen LogP contribution in [0.3, 0.4) is 0 Å². The van der Waals surface area contributed by atoms with E-state index in [-0.39, 0.29) is 6.10 Å². The van der Waals surface area contributed by atoms with Gasteiger partial charge in [0, 0.05) is 40.3 Å². The van der Waals surface area contributed by atoms with Crippen LogP contribution < -0.4 is 4.74 Å². The van der Waals surface area contributed by atoms with E-state index in [1.54, 1.807) is 18.9 Å². The highest BCUT2D eigenvalue weighted by Crippen LogP contribution is 2.36. The Labute approximate surface area is 166 Å². The fourth-order valence-electron chi connectivity index (χ4n) is 3.05. The van der Waals surface area contributed by atoms with Gasteiger partial charge >= 0.3 is 0 Å². The minimum atomic E-state index is -0.207. The molecule has 134 valence electrons. The number of thioether (sulfide) groups is 1. The summed E-state index contributed by atoms with van der Waals surface area (Å²) < 4.78 is 6.50. The van der Waals surface area contributed by atoms with Gasteiger partial charge in [-0.25, -0.2) is 0 Å². The van der Waals surface area contributed by atoms with Gasteiger partial charge in [-0.2, -0.15) is 0 Å². The van der Waals surface area contributed by atoms with Crippen molar-refractivity contribution in [1.82, 2.24) is 4.90 Å². The predicted octanol–water partition coefficient (Wildman–Crippen LogP) is 4.97. The van der Waals surface area contributed by atoms with E-state index in [4.69, 9.17) is 16.3 Å². The standard InChI is InChI=1S/C19H21BrClNO2S/c1-24-18-6-5-15(20)9-14(18)12-25-19-13(3-2-4-17(19)21)10-22-8-7-16(23)11-22/h2-6,9,16,23H,7-8,10-12H2,1H3. The summed E-state index contributed by atoms with van der Waals surface area (Å²) >= 11 is 11.7. The van der Waals surface area contributed by atoms with Crippen LogP contribution in [-0.4, -0.2) is 36.3 Å². The first kappa shape index (κ1) is 19.1. The second-order valence-electron chi connectivity index (χ2n) is 6.15. The minimum Gasteiger partial charge on any atom is -0.496 e. The fraction of sp³-hybridized carbons (Fsp3) is 0.368. The lowest BCUT2D eigenvalue weighted by Gasteiger charge is -2.18. The van der Waals surface area contributed by atoms with Crippen LogP contribution in [0.15, 0.2) is 45.8 Å². The number of nitrogens with zero attached hydrogens (tertiary/aromatic N) is 1. The number of ether oxygens (including phenoxy) is 1. The summed E-state index contributed by atoms with van der Waals surface area (Å²) in [6, 6.07) is 12.1. The maximum absolute atomic E-state index is 9.75. The minimum absolute atomic E-state index is 0.207. The zero-order chi connectivity index (χ0) is 17.8. The quantitative estimate of drug-likeness (QED) is 0.640. The maximum Gasteiger partial charge on any atom is 0.122 e. The van der Waals surface area contributed by atoms with Crippen molar-refractivity contribution in [2.45, 2.75) is 29.7 Å². The lowest BCUT2D eigenvalue weighted by Crippen LogP contribution is -2.21. The van der Waals surface area contributed by atoms with Gasteiger partial charge in [-0.05, 0) is 36.2 Å². The van der Waals surface area contributed by atoms with Crippen molar-refractivity contribution in [1.29, 1.82) is 0 Å². The Morgan fingerprint density at radius 1 is 1.32 bits per heavy atom. The van der Waals surface area contributed by atoms with E-state index in [0.29, 0.717) is 0 Å². The van der Waals surface area contributed by atoms with E-state index in [1.807, 2.05) is 24.3 Å². The average molecular weight is 443 g/mol. The number of aliphatic hydroxyl groups is 1. The molecular weight excluding hydrogens is 422 g/mol. The van der Waals surface area contributed by atoms with Crippen LogP contribution in [-0.2, 0) is 12.3 Å². The molecule has 0 spiro atoms. The monoisotopic (exact) mass is 441 g/mol. The van der Waals surface area contributed by atoms with Crippen molar-refractivity contribution in [3.8, 4) is 5.75 Å². The smallest absolute Gasteiger partial charge is 0.122 e. The Kier molecular flexibility index (Phi) is 6.69. The van der Waals surface area contributed by atoms with E-state index >= 15 is 0 Å². The zero-order valence-electron chi connectivity index (χ0n) is 14.0. The Bertz CT molecular complexity index is 743. The summed E-state index contributed by atoms with van der Waals surface area (Å²) in [6.07, 6.45) is 0.638. The van der Waals surface area contributed by atoms with Gasteiger partial charge in [-0.1, -0.05) is 39.7 Å². The molecule has 0 saturated carbocycles. The molecule has 3 rings (SSSR count). The molecule has 1 heterocycles. The number of halogens is 2. The summed E-state index contributed by atoms with van der Waals surface area (Å²) in [5, 5.41) is 10.5. The normalized spacial score (nSPS) is 17.8. The summed E-state index contributed by atoms with van der Waals surface area (Å²) in [6.45, 7) is 2.48. The molecule has 1 fully saturated rings. The predicted molar refractivity (Wildman–Crippen MR) is 108 cm³/mol. The third kappa shape index (κ3) is 4.92. The highest BCUT2D eigenvalue weighted by molar-refractivity contribution is 9.10. The highest BCUT2D eigenvalue weighted by atomic mass is 79.9. The number of rotatable bonds is 6. The van der Waals surface area contributed by atoms with Crippen LogP contribution in [0, 0.1) is 0 Å². The van der Waals surface area contributed by atoms with Crippen LogP contribution >= 0.6 is 39.3 Å². The Morgan fingerprint density at radius 3 is 2.88 bits per heavy atom. The molecule has 0 aromatic heterocycles. The first-order chi connectivity index (χ1) is 12.1. The average Bonchev–Trinajstić information content (AvgIpc) is 2.99. The van der Waals surface area contributed by atoms with Crippen molar-refractivity contribution >= 4 is 39.3 Å². The second-order valence-corrected chi connectivity index (χ2v) is 8.46. The largest absolute Gasteiger partial charge is 0.496 e. The molecule has 1 unspecified atom stereocenters. The summed E-state index contributed by atoms with van der Waals surface area (Å²) in [4.78, 5) is 3.38. The van der Waals surface area contributed by atoms with Gasteiger partial charge in [0.05, 0.1) is 18.2 Å². The second kappa shape index (κ2) is 8.78. The molecule has 0 bridgehead atoms. The Morgan fingerprint density at radius 2 is 2.16 bits per heavy atom. The molecule has 6 heteroatoms. The molecule has 25 heavy (non-hydrogen) atoms. The van der Waals surface area contributed by atoms with E-state index in [9.17, 15) is 5.11 Å². The van der Waals surface area contributed by atoms with Crippen molar-refractivity contribution < 1.29 is 9.84 Å². The lowest BCUT2D eigenvalue weighted by atomic mass is 10.2. The summed E-state index contributed by atoms with van der Waals surface area (Å²) in [5.74, 6) is 1.66.